The number of nitrogens with two attached hydrogens (primary N) is 1. The van der Waals surface area contributed by atoms with Gasteiger partial charge in [0.25, 0.3) is 0 Å². The summed E-state index contributed by atoms with van der Waals surface area (Å²) in [5.74, 6) is 3.76. The highest BCUT2D eigenvalue weighted by Crippen LogP contribution is 2.58. The number of nitrogen functional groups attached to an aromatic ring is 1. The van der Waals surface area contributed by atoms with Crippen molar-refractivity contribution >= 4 is 17.4 Å². The summed E-state index contributed by atoms with van der Waals surface area (Å²) in [4.78, 5) is 0. The number of benzene rings is 1. The fourth-order valence-electron chi connectivity index (χ4n) is 3.43. The fraction of sp³-hybridized carbons (Fsp3) is 0.400. The minimum absolute atomic E-state index is 0.484. The fourth-order valence-corrected chi connectivity index (χ4v) is 3.56. The first kappa shape index (κ1) is 11.4. The highest BCUT2D eigenvalue weighted by molar-refractivity contribution is 6.30. The highest BCUT2D eigenvalue weighted by Gasteiger charge is 2.48. The van der Waals surface area contributed by atoms with Crippen LogP contribution >= 0.6 is 11.6 Å². The van der Waals surface area contributed by atoms with Gasteiger partial charge in [-0.25, -0.2) is 0 Å². The number of nitrogens with zero attached hydrogens (tertiary/aromatic N) is 1. The van der Waals surface area contributed by atoms with E-state index in [1.165, 1.54) is 19.3 Å². The number of hydrogen-bond acceptors (Lipinski definition) is 3. The molecule has 2 aromatic rings. The summed E-state index contributed by atoms with van der Waals surface area (Å²) in [5.41, 5.74) is 7.99. The molecule has 0 radical (unpaired) electrons. The number of aromatic nitrogens is 1. The van der Waals surface area contributed by atoms with Gasteiger partial charge in [0.1, 0.15) is 5.76 Å². The predicted octanol–water partition coefficient (Wildman–Crippen LogP) is 4.09. The summed E-state index contributed by atoms with van der Waals surface area (Å²) in [6.45, 7) is 0. The minimum atomic E-state index is 0.484. The molecule has 0 aliphatic heterocycles. The van der Waals surface area contributed by atoms with Crippen LogP contribution < -0.4 is 5.73 Å². The zero-order chi connectivity index (χ0) is 13.0. The first-order chi connectivity index (χ1) is 9.22. The lowest BCUT2D eigenvalue weighted by atomic mass is 9.94. The van der Waals surface area contributed by atoms with Crippen molar-refractivity contribution in [1.82, 2.24) is 5.16 Å². The molecule has 0 spiro atoms. The maximum Gasteiger partial charge on any atom is 0.175 e. The molecule has 2 unspecified atom stereocenters. The van der Waals surface area contributed by atoms with Crippen molar-refractivity contribution in [3.05, 3.63) is 35.0 Å². The molecule has 4 rings (SSSR count). The van der Waals surface area contributed by atoms with Gasteiger partial charge in [-0.15, -0.1) is 0 Å². The summed E-state index contributed by atoms with van der Waals surface area (Å²) in [6.07, 6.45) is 3.84. The van der Waals surface area contributed by atoms with Crippen molar-refractivity contribution in [2.45, 2.75) is 25.2 Å². The molecule has 1 heterocycles. The zero-order valence-corrected chi connectivity index (χ0v) is 11.2. The van der Waals surface area contributed by atoms with Crippen LogP contribution in [0.1, 0.15) is 30.9 Å². The lowest BCUT2D eigenvalue weighted by molar-refractivity contribution is 0.356. The summed E-state index contributed by atoms with van der Waals surface area (Å²) >= 11 is 5.93. The molecule has 0 saturated heterocycles. The third kappa shape index (κ3) is 1.84. The number of rotatable bonds is 2. The molecule has 0 amide bonds. The third-order valence-electron chi connectivity index (χ3n) is 4.49. The molecule has 1 aromatic carbocycles. The average Bonchev–Trinajstić information content (AvgIpc) is 2.84. The van der Waals surface area contributed by atoms with Gasteiger partial charge in [0.15, 0.2) is 5.82 Å². The van der Waals surface area contributed by atoms with E-state index < -0.39 is 0 Å². The average molecular weight is 275 g/mol. The van der Waals surface area contributed by atoms with Crippen LogP contribution in [0, 0.1) is 11.8 Å². The summed E-state index contributed by atoms with van der Waals surface area (Å²) in [7, 11) is 0. The number of hydrogen-bond donors (Lipinski definition) is 1. The SMILES string of the molecule is Nc1noc(C2CC3CC3C2)c1-c1ccc(Cl)cc1. The molecule has 2 atom stereocenters. The van der Waals surface area contributed by atoms with E-state index in [0.29, 0.717) is 11.7 Å². The predicted molar refractivity (Wildman–Crippen MR) is 74.9 cm³/mol. The first-order valence-electron chi connectivity index (χ1n) is 6.73. The zero-order valence-electron chi connectivity index (χ0n) is 10.5. The number of anilines is 1. The lowest BCUT2D eigenvalue weighted by Gasteiger charge is -2.10. The molecule has 2 N–H and O–H groups in total. The van der Waals surface area contributed by atoms with Crippen LogP contribution in [0.3, 0.4) is 0 Å². The van der Waals surface area contributed by atoms with E-state index in [4.69, 9.17) is 21.9 Å². The van der Waals surface area contributed by atoms with Crippen LogP contribution in [0.5, 0.6) is 0 Å². The topological polar surface area (TPSA) is 52.0 Å². The van der Waals surface area contributed by atoms with E-state index in [1.807, 2.05) is 24.3 Å². The van der Waals surface area contributed by atoms with Crippen LogP contribution in [-0.4, -0.2) is 5.16 Å². The van der Waals surface area contributed by atoms with Crippen molar-refractivity contribution in [2.75, 3.05) is 5.73 Å². The monoisotopic (exact) mass is 274 g/mol. The van der Waals surface area contributed by atoms with E-state index in [2.05, 4.69) is 5.16 Å². The van der Waals surface area contributed by atoms with Crippen LogP contribution in [0.2, 0.25) is 5.02 Å². The second-order valence-corrected chi connectivity index (χ2v) is 6.17. The van der Waals surface area contributed by atoms with Gasteiger partial charge in [0, 0.05) is 10.9 Å². The normalized spacial score (nSPS) is 28.4. The van der Waals surface area contributed by atoms with Gasteiger partial charge in [-0.2, -0.15) is 0 Å². The molecule has 98 valence electrons. The van der Waals surface area contributed by atoms with Crippen molar-refractivity contribution < 1.29 is 4.52 Å². The van der Waals surface area contributed by atoms with Gasteiger partial charge in [-0.05, 0) is 48.8 Å². The smallest absolute Gasteiger partial charge is 0.175 e. The summed E-state index contributed by atoms with van der Waals surface area (Å²) in [5, 5.41) is 4.69. The Bertz CT molecular complexity index is 610. The molecule has 4 heteroatoms. The Morgan fingerprint density at radius 3 is 2.47 bits per heavy atom. The van der Waals surface area contributed by atoms with Gasteiger partial charge in [0.05, 0.1) is 5.56 Å². The van der Waals surface area contributed by atoms with Gasteiger partial charge in [-0.1, -0.05) is 28.9 Å². The van der Waals surface area contributed by atoms with E-state index in [9.17, 15) is 0 Å². The van der Waals surface area contributed by atoms with Crippen LogP contribution in [0.25, 0.3) is 11.1 Å². The van der Waals surface area contributed by atoms with Gasteiger partial charge < -0.3 is 10.3 Å². The molecule has 1 aromatic heterocycles. The maximum absolute atomic E-state index is 5.99. The second kappa shape index (κ2) is 4.01. The number of halogens is 1. The highest BCUT2D eigenvalue weighted by atomic mass is 35.5. The first-order valence-corrected chi connectivity index (χ1v) is 7.11. The van der Waals surface area contributed by atoms with Gasteiger partial charge >= 0.3 is 0 Å². The maximum atomic E-state index is 5.99. The molecular weight excluding hydrogens is 260 g/mol. The molecule has 2 aliphatic carbocycles. The Balaban J connectivity index is 1.74. The lowest BCUT2D eigenvalue weighted by Crippen LogP contribution is -1.97. The molecule has 0 bridgehead atoms. The standard InChI is InChI=1S/C15H15ClN2O/c16-12-3-1-8(2-4-12)13-14(19-18-15(13)17)11-6-9-5-10(9)7-11/h1-4,9-11H,5-7H2,(H2,17,18). The van der Waals surface area contributed by atoms with Crippen LogP contribution in [-0.2, 0) is 0 Å². The quantitative estimate of drug-likeness (QED) is 0.897. The third-order valence-corrected chi connectivity index (χ3v) is 4.74. The molecule has 19 heavy (non-hydrogen) atoms. The van der Waals surface area contributed by atoms with Crippen molar-refractivity contribution in [3.8, 4) is 11.1 Å². The molecule has 3 nitrogen and oxygen atoms in total. The Hall–Kier alpha value is -1.48. The summed E-state index contributed by atoms with van der Waals surface area (Å²) < 4.78 is 5.52. The van der Waals surface area contributed by atoms with Crippen LogP contribution in [0.4, 0.5) is 5.82 Å². The number of fused-ring (bicyclic) bond motifs is 1. The Kier molecular flexibility index (Phi) is 2.39. The van der Waals surface area contributed by atoms with E-state index in [0.717, 1.165) is 33.7 Å². The van der Waals surface area contributed by atoms with Crippen molar-refractivity contribution in [3.63, 3.8) is 0 Å². The van der Waals surface area contributed by atoms with Crippen molar-refractivity contribution in [2.24, 2.45) is 11.8 Å². The Morgan fingerprint density at radius 1 is 1.11 bits per heavy atom. The molecule has 2 saturated carbocycles. The van der Waals surface area contributed by atoms with E-state index >= 15 is 0 Å². The molecule has 2 aliphatic rings. The Labute approximate surface area is 116 Å². The largest absolute Gasteiger partial charge is 0.380 e. The van der Waals surface area contributed by atoms with Crippen molar-refractivity contribution in [1.29, 1.82) is 0 Å². The summed E-state index contributed by atoms with van der Waals surface area (Å²) in [6, 6.07) is 7.70. The second-order valence-electron chi connectivity index (χ2n) is 5.74. The van der Waals surface area contributed by atoms with Gasteiger partial charge in [0.2, 0.25) is 0 Å². The van der Waals surface area contributed by atoms with E-state index in [-0.39, 0.29) is 0 Å². The van der Waals surface area contributed by atoms with Crippen LogP contribution in [0.15, 0.2) is 28.8 Å². The molecule has 2 fully saturated rings. The molecular formula is C15H15ClN2O. The van der Waals surface area contributed by atoms with Gasteiger partial charge in [-0.3, -0.25) is 0 Å². The Morgan fingerprint density at radius 2 is 1.79 bits per heavy atom. The van der Waals surface area contributed by atoms with E-state index in [1.54, 1.807) is 0 Å². The minimum Gasteiger partial charge on any atom is -0.380 e.